The van der Waals surface area contributed by atoms with Gasteiger partial charge in [0.15, 0.2) is 0 Å². The molecule has 0 bridgehead atoms. The van der Waals surface area contributed by atoms with Gasteiger partial charge >= 0.3 is 8.80 Å². The quantitative estimate of drug-likeness (QED) is 0.163. The molecular weight excluding hydrogens is 412 g/mol. The molecule has 0 aromatic heterocycles. The molecule has 0 N–H and O–H groups in total. The molecule has 0 saturated heterocycles. The molecule has 0 atom stereocenters. The summed E-state index contributed by atoms with van der Waals surface area (Å²) < 4.78 is 18.8. The van der Waals surface area contributed by atoms with E-state index < -0.39 is 8.80 Å². The molecule has 0 fully saturated rings. The van der Waals surface area contributed by atoms with Crippen LogP contribution in [0, 0.1) is 0 Å². The first-order valence-corrected chi connectivity index (χ1v) is 13.1. The van der Waals surface area contributed by atoms with E-state index in [1.807, 2.05) is 20.8 Å². The van der Waals surface area contributed by atoms with Gasteiger partial charge in [0.2, 0.25) is 0 Å². The molecule has 32 heavy (non-hydrogen) atoms. The van der Waals surface area contributed by atoms with Crippen molar-refractivity contribution in [3.63, 3.8) is 0 Å². The maximum atomic E-state index is 6.26. The van der Waals surface area contributed by atoms with E-state index in [2.05, 4.69) is 78.9 Å². The molecule has 5 rings (SSSR count). The molecule has 0 radical (unpaired) electrons. The van der Waals surface area contributed by atoms with Crippen molar-refractivity contribution in [2.45, 2.75) is 20.8 Å². The summed E-state index contributed by atoms with van der Waals surface area (Å²) in [5.41, 5.74) is 0. The van der Waals surface area contributed by atoms with Crippen molar-refractivity contribution in [2.24, 2.45) is 0 Å². The molecule has 0 heterocycles. The molecule has 0 amide bonds. The van der Waals surface area contributed by atoms with Gasteiger partial charge in [-0.05, 0) is 88.1 Å². The lowest BCUT2D eigenvalue weighted by atomic mass is 9.96. The summed E-state index contributed by atoms with van der Waals surface area (Å²) >= 11 is 0. The summed E-state index contributed by atoms with van der Waals surface area (Å²) in [6.07, 6.45) is 0. The molecule has 0 aliphatic heterocycles. The topological polar surface area (TPSA) is 27.7 Å². The van der Waals surface area contributed by atoms with E-state index in [1.54, 1.807) is 0 Å². The van der Waals surface area contributed by atoms with Crippen molar-refractivity contribution < 1.29 is 13.3 Å². The molecule has 162 valence electrons. The highest BCUT2D eigenvalue weighted by Crippen LogP contribution is 2.32. The maximum Gasteiger partial charge on any atom is 0.537 e. The van der Waals surface area contributed by atoms with E-state index in [1.165, 1.54) is 37.7 Å². The van der Waals surface area contributed by atoms with Crippen LogP contribution < -0.4 is 5.19 Å². The van der Waals surface area contributed by atoms with Crippen molar-refractivity contribution in [1.29, 1.82) is 0 Å². The summed E-state index contributed by atoms with van der Waals surface area (Å²) in [7, 11) is -3.03. The van der Waals surface area contributed by atoms with Gasteiger partial charge in [0.05, 0.1) is 0 Å². The molecule has 0 spiro atoms. The first-order valence-electron chi connectivity index (χ1n) is 11.4. The third kappa shape index (κ3) is 3.50. The highest BCUT2D eigenvalue weighted by Gasteiger charge is 2.44. The van der Waals surface area contributed by atoms with Crippen LogP contribution >= 0.6 is 0 Å². The molecule has 3 nitrogen and oxygen atoms in total. The zero-order valence-corrected chi connectivity index (χ0v) is 19.9. The number of hydrogen-bond acceptors (Lipinski definition) is 3. The first-order chi connectivity index (χ1) is 15.7. The van der Waals surface area contributed by atoms with Gasteiger partial charge in [0.25, 0.3) is 0 Å². The molecule has 0 saturated carbocycles. The van der Waals surface area contributed by atoms with Gasteiger partial charge in [-0.25, -0.2) is 0 Å². The Morgan fingerprint density at radius 2 is 1.00 bits per heavy atom. The lowest BCUT2D eigenvalue weighted by molar-refractivity contribution is 0.0862. The molecule has 4 heteroatoms. The Kier molecular flexibility index (Phi) is 5.70. The van der Waals surface area contributed by atoms with Crippen LogP contribution in [0.15, 0.2) is 78.9 Å². The number of fused-ring (bicyclic) bond motifs is 5. The second-order valence-electron chi connectivity index (χ2n) is 7.94. The Hall–Kier alpha value is -2.76. The summed E-state index contributed by atoms with van der Waals surface area (Å²) in [5.74, 6) is 0. The van der Waals surface area contributed by atoms with E-state index in [0.29, 0.717) is 19.8 Å². The Labute approximate surface area is 189 Å². The third-order valence-electron chi connectivity index (χ3n) is 6.03. The van der Waals surface area contributed by atoms with Gasteiger partial charge in [-0.1, -0.05) is 54.6 Å². The van der Waals surface area contributed by atoms with Crippen LogP contribution in [0.5, 0.6) is 0 Å². The molecule has 0 aliphatic rings. The maximum absolute atomic E-state index is 6.26. The summed E-state index contributed by atoms with van der Waals surface area (Å²) in [6, 6.07) is 28.5. The standard InChI is InChI=1S/C28H28O3Si/c1-4-29-32(30-5-2,31-6-3)28-13-9-12-22-17-24-15-14-23-16-20-10-7-8-11-21(20)18-25(23)26(24)19-27(22)28/h7-19H,4-6H2,1-3H3. The van der Waals surface area contributed by atoms with Crippen LogP contribution in [0.1, 0.15) is 20.8 Å². The van der Waals surface area contributed by atoms with Crippen LogP contribution in [-0.2, 0) is 13.3 Å². The molecule has 0 aliphatic carbocycles. The van der Waals surface area contributed by atoms with Crippen LogP contribution in [0.3, 0.4) is 0 Å². The van der Waals surface area contributed by atoms with Crippen LogP contribution in [-0.4, -0.2) is 28.6 Å². The Bertz CT molecular complexity index is 1410. The normalized spacial score (nSPS) is 12.3. The van der Waals surface area contributed by atoms with Crippen molar-refractivity contribution in [3.05, 3.63) is 78.9 Å². The fourth-order valence-corrected chi connectivity index (χ4v) is 7.42. The minimum atomic E-state index is -3.03. The second kappa shape index (κ2) is 8.64. The smallest absolute Gasteiger partial charge is 0.370 e. The van der Waals surface area contributed by atoms with Crippen molar-refractivity contribution in [3.8, 4) is 0 Å². The van der Waals surface area contributed by atoms with E-state index in [9.17, 15) is 0 Å². The molecule has 5 aromatic rings. The fraction of sp³-hybridized carbons (Fsp3) is 0.214. The Morgan fingerprint density at radius 3 is 1.62 bits per heavy atom. The van der Waals surface area contributed by atoms with Crippen LogP contribution in [0.25, 0.3) is 43.1 Å². The minimum absolute atomic E-state index is 0.547. The largest absolute Gasteiger partial charge is 0.537 e. The van der Waals surface area contributed by atoms with E-state index in [0.717, 1.165) is 10.6 Å². The van der Waals surface area contributed by atoms with Crippen LogP contribution in [0.2, 0.25) is 0 Å². The van der Waals surface area contributed by atoms with Crippen molar-refractivity contribution in [2.75, 3.05) is 19.8 Å². The summed E-state index contributed by atoms with van der Waals surface area (Å²) in [6.45, 7) is 7.64. The zero-order valence-electron chi connectivity index (χ0n) is 18.9. The zero-order chi connectivity index (χ0) is 22.1. The van der Waals surface area contributed by atoms with E-state index in [4.69, 9.17) is 13.3 Å². The minimum Gasteiger partial charge on any atom is -0.370 e. The van der Waals surface area contributed by atoms with Gasteiger partial charge in [-0.2, -0.15) is 0 Å². The van der Waals surface area contributed by atoms with E-state index in [-0.39, 0.29) is 0 Å². The Morgan fingerprint density at radius 1 is 0.500 bits per heavy atom. The molecular formula is C28H28O3Si. The number of hydrogen-bond donors (Lipinski definition) is 0. The summed E-state index contributed by atoms with van der Waals surface area (Å²) in [5, 5.41) is 10.8. The highest BCUT2D eigenvalue weighted by molar-refractivity contribution is 6.77. The average Bonchev–Trinajstić information content (AvgIpc) is 2.81. The third-order valence-corrected chi connectivity index (χ3v) is 9.14. The van der Waals surface area contributed by atoms with Gasteiger partial charge < -0.3 is 13.3 Å². The lowest BCUT2D eigenvalue weighted by Crippen LogP contribution is -2.57. The number of rotatable bonds is 7. The fourth-order valence-electron chi connectivity index (χ4n) is 4.72. The van der Waals surface area contributed by atoms with Gasteiger partial charge in [0.1, 0.15) is 0 Å². The monoisotopic (exact) mass is 440 g/mol. The van der Waals surface area contributed by atoms with Gasteiger partial charge in [-0.15, -0.1) is 0 Å². The van der Waals surface area contributed by atoms with Crippen molar-refractivity contribution in [1.82, 2.24) is 0 Å². The number of benzene rings is 5. The van der Waals surface area contributed by atoms with Gasteiger partial charge in [0, 0.05) is 25.0 Å². The predicted molar refractivity (Wildman–Crippen MR) is 137 cm³/mol. The molecule has 0 unspecified atom stereocenters. The molecule has 5 aromatic carbocycles. The van der Waals surface area contributed by atoms with Gasteiger partial charge in [-0.3, -0.25) is 0 Å². The SMILES string of the molecule is CCO[Si](OCC)(OCC)c1cccc2cc3ccc4cc5ccccc5cc4c3cc12. The Balaban J connectivity index is 1.84. The first kappa shape index (κ1) is 21.1. The predicted octanol–water partition coefficient (Wildman–Crippen LogP) is 6.55. The highest BCUT2D eigenvalue weighted by atomic mass is 28.4. The van der Waals surface area contributed by atoms with Crippen molar-refractivity contribution >= 4 is 57.1 Å². The lowest BCUT2D eigenvalue weighted by Gasteiger charge is -2.29. The van der Waals surface area contributed by atoms with E-state index >= 15 is 0 Å². The second-order valence-corrected chi connectivity index (χ2v) is 10.5. The average molecular weight is 441 g/mol. The summed E-state index contributed by atoms with van der Waals surface area (Å²) in [4.78, 5) is 0. The van der Waals surface area contributed by atoms with Crippen LogP contribution in [0.4, 0.5) is 0 Å².